The predicted molar refractivity (Wildman–Crippen MR) is 50.6 cm³/mol. The summed E-state index contributed by atoms with van der Waals surface area (Å²) in [5.41, 5.74) is 5.76. The fourth-order valence-electron chi connectivity index (χ4n) is 1.86. The monoisotopic (exact) mass is 186 g/mol. The summed E-state index contributed by atoms with van der Waals surface area (Å²) < 4.78 is 0. The van der Waals surface area contributed by atoms with E-state index in [4.69, 9.17) is 10.8 Å². The molecule has 1 fully saturated rings. The van der Waals surface area contributed by atoms with E-state index < -0.39 is 6.09 Å². The number of amides is 1. The minimum Gasteiger partial charge on any atom is -0.465 e. The van der Waals surface area contributed by atoms with E-state index in [0.717, 1.165) is 32.1 Å². The van der Waals surface area contributed by atoms with Crippen molar-refractivity contribution in [2.45, 2.75) is 38.1 Å². The van der Waals surface area contributed by atoms with Crippen molar-refractivity contribution in [1.29, 1.82) is 0 Å². The fourth-order valence-corrected chi connectivity index (χ4v) is 1.86. The molecule has 0 radical (unpaired) electrons. The number of rotatable bonds is 3. The van der Waals surface area contributed by atoms with Gasteiger partial charge in [-0.2, -0.15) is 0 Å². The Morgan fingerprint density at radius 2 is 2.00 bits per heavy atom. The Morgan fingerprint density at radius 3 is 2.54 bits per heavy atom. The van der Waals surface area contributed by atoms with Gasteiger partial charge in [0.05, 0.1) is 0 Å². The van der Waals surface area contributed by atoms with Crippen molar-refractivity contribution in [1.82, 2.24) is 5.32 Å². The molecule has 0 saturated heterocycles. The third kappa shape index (κ3) is 4.12. The van der Waals surface area contributed by atoms with Crippen molar-refractivity contribution in [2.24, 2.45) is 11.7 Å². The first-order valence-electron chi connectivity index (χ1n) is 4.91. The Kier molecular flexibility index (Phi) is 4.02. The van der Waals surface area contributed by atoms with Crippen molar-refractivity contribution >= 4 is 6.09 Å². The lowest BCUT2D eigenvalue weighted by molar-refractivity contribution is 0.192. The molecule has 0 aliphatic heterocycles. The Labute approximate surface area is 78.5 Å². The average Bonchev–Trinajstić information content (AvgIpc) is 2.08. The first-order valence-corrected chi connectivity index (χ1v) is 4.91. The Morgan fingerprint density at radius 1 is 1.38 bits per heavy atom. The van der Waals surface area contributed by atoms with E-state index in [9.17, 15) is 4.79 Å². The first-order chi connectivity index (χ1) is 6.18. The Bertz CT molecular complexity index is 165. The van der Waals surface area contributed by atoms with Crippen molar-refractivity contribution in [3.63, 3.8) is 0 Å². The SMILES string of the molecule is NC1CCC(CCNC(=O)O)CC1. The summed E-state index contributed by atoms with van der Waals surface area (Å²) in [6.07, 6.45) is 4.53. The van der Waals surface area contributed by atoms with Crippen LogP contribution in [0.3, 0.4) is 0 Å². The summed E-state index contributed by atoms with van der Waals surface area (Å²) in [4.78, 5) is 10.2. The van der Waals surface area contributed by atoms with Gasteiger partial charge in [-0.1, -0.05) is 0 Å². The molecule has 1 aliphatic rings. The smallest absolute Gasteiger partial charge is 0.404 e. The van der Waals surface area contributed by atoms with Crippen LogP contribution >= 0.6 is 0 Å². The lowest BCUT2D eigenvalue weighted by atomic mass is 9.84. The summed E-state index contributed by atoms with van der Waals surface area (Å²) >= 11 is 0. The Hall–Kier alpha value is -0.770. The van der Waals surface area contributed by atoms with Crippen molar-refractivity contribution in [2.75, 3.05) is 6.54 Å². The zero-order valence-electron chi connectivity index (χ0n) is 7.83. The van der Waals surface area contributed by atoms with Gasteiger partial charge in [0.1, 0.15) is 0 Å². The summed E-state index contributed by atoms with van der Waals surface area (Å²) in [6, 6.07) is 0.378. The van der Waals surface area contributed by atoms with Crippen LogP contribution in [0, 0.1) is 5.92 Å². The van der Waals surface area contributed by atoms with Gasteiger partial charge in [-0.15, -0.1) is 0 Å². The van der Waals surface area contributed by atoms with Crippen LogP contribution in [0.2, 0.25) is 0 Å². The molecular weight excluding hydrogens is 168 g/mol. The number of hydrogen-bond donors (Lipinski definition) is 3. The molecule has 4 nitrogen and oxygen atoms in total. The van der Waals surface area contributed by atoms with Gasteiger partial charge in [-0.05, 0) is 38.0 Å². The molecule has 0 aromatic carbocycles. The zero-order chi connectivity index (χ0) is 9.68. The van der Waals surface area contributed by atoms with Crippen molar-refractivity contribution in [3.8, 4) is 0 Å². The van der Waals surface area contributed by atoms with Gasteiger partial charge < -0.3 is 16.2 Å². The second-order valence-corrected chi connectivity index (χ2v) is 3.80. The molecule has 1 rings (SSSR count). The fraction of sp³-hybridized carbons (Fsp3) is 0.889. The molecule has 76 valence electrons. The van der Waals surface area contributed by atoms with Crippen LogP contribution < -0.4 is 11.1 Å². The minimum absolute atomic E-state index is 0.378. The van der Waals surface area contributed by atoms with Gasteiger partial charge >= 0.3 is 6.09 Å². The first kappa shape index (κ1) is 10.3. The molecule has 0 aromatic heterocycles. The third-order valence-electron chi connectivity index (χ3n) is 2.72. The highest BCUT2D eigenvalue weighted by molar-refractivity contribution is 5.64. The summed E-state index contributed by atoms with van der Waals surface area (Å²) in [5, 5.41) is 10.7. The second-order valence-electron chi connectivity index (χ2n) is 3.80. The molecule has 1 amide bonds. The second kappa shape index (κ2) is 5.07. The van der Waals surface area contributed by atoms with Crippen LogP contribution in [-0.4, -0.2) is 23.8 Å². The van der Waals surface area contributed by atoms with Gasteiger partial charge in [0.25, 0.3) is 0 Å². The van der Waals surface area contributed by atoms with E-state index in [1.807, 2.05) is 0 Å². The highest BCUT2D eigenvalue weighted by Gasteiger charge is 2.17. The highest BCUT2D eigenvalue weighted by atomic mass is 16.4. The molecule has 0 heterocycles. The molecule has 0 atom stereocenters. The van der Waals surface area contributed by atoms with Gasteiger partial charge in [0.15, 0.2) is 0 Å². The van der Waals surface area contributed by atoms with E-state index >= 15 is 0 Å². The summed E-state index contributed by atoms with van der Waals surface area (Å²) in [5.74, 6) is 0.673. The quantitative estimate of drug-likeness (QED) is 0.619. The van der Waals surface area contributed by atoms with Crippen molar-refractivity contribution < 1.29 is 9.90 Å². The van der Waals surface area contributed by atoms with E-state index in [2.05, 4.69) is 5.32 Å². The molecule has 0 spiro atoms. The Balaban J connectivity index is 2.05. The van der Waals surface area contributed by atoms with Gasteiger partial charge in [0.2, 0.25) is 0 Å². The topological polar surface area (TPSA) is 75.3 Å². The van der Waals surface area contributed by atoms with E-state index in [0.29, 0.717) is 18.5 Å². The predicted octanol–water partition coefficient (Wildman–Crippen LogP) is 1.16. The number of carboxylic acid groups (broad SMARTS) is 1. The molecule has 4 N–H and O–H groups in total. The van der Waals surface area contributed by atoms with E-state index in [1.54, 1.807) is 0 Å². The minimum atomic E-state index is -0.924. The van der Waals surface area contributed by atoms with Crippen LogP contribution in [0.25, 0.3) is 0 Å². The molecule has 13 heavy (non-hydrogen) atoms. The van der Waals surface area contributed by atoms with Crippen LogP contribution in [0.1, 0.15) is 32.1 Å². The largest absolute Gasteiger partial charge is 0.465 e. The zero-order valence-corrected chi connectivity index (χ0v) is 7.83. The maximum absolute atomic E-state index is 10.2. The van der Waals surface area contributed by atoms with Crippen LogP contribution in [0.15, 0.2) is 0 Å². The third-order valence-corrected chi connectivity index (χ3v) is 2.72. The summed E-state index contributed by atoms with van der Waals surface area (Å²) in [6.45, 7) is 0.579. The van der Waals surface area contributed by atoms with Crippen LogP contribution in [-0.2, 0) is 0 Å². The molecule has 4 heteroatoms. The number of nitrogens with two attached hydrogens (primary N) is 1. The molecule has 0 unspecified atom stereocenters. The number of carbonyl (C=O) groups is 1. The van der Waals surface area contributed by atoms with Crippen molar-refractivity contribution in [3.05, 3.63) is 0 Å². The standard InChI is InChI=1S/C9H18N2O2/c10-8-3-1-7(2-4-8)5-6-11-9(12)13/h7-8,11H,1-6,10H2,(H,12,13). The maximum Gasteiger partial charge on any atom is 0.404 e. The van der Waals surface area contributed by atoms with Crippen LogP contribution in [0.4, 0.5) is 4.79 Å². The van der Waals surface area contributed by atoms with Crippen LogP contribution in [0.5, 0.6) is 0 Å². The number of nitrogens with one attached hydrogen (secondary N) is 1. The van der Waals surface area contributed by atoms with E-state index in [-0.39, 0.29) is 0 Å². The normalized spacial score (nSPS) is 28.4. The number of hydrogen-bond acceptors (Lipinski definition) is 2. The lowest BCUT2D eigenvalue weighted by Gasteiger charge is -2.25. The maximum atomic E-state index is 10.2. The molecular formula is C9H18N2O2. The molecule has 1 aliphatic carbocycles. The lowest BCUT2D eigenvalue weighted by Crippen LogP contribution is -2.29. The van der Waals surface area contributed by atoms with Gasteiger partial charge in [0, 0.05) is 12.6 Å². The van der Waals surface area contributed by atoms with Gasteiger partial charge in [-0.25, -0.2) is 4.79 Å². The van der Waals surface area contributed by atoms with E-state index in [1.165, 1.54) is 0 Å². The molecule has 0 aromatic rings. The average molecular weight is 186 g/mol. The van der Waals surface area contributed by atoms with Gasteiger partial charge in [-0.3, -0.25) is 0 Å². The molecule has 0 bridgehead atoms. The molecule has 1 saturated carbocycles. The summed E-state index contributed by atoms with van der Waals surface area (Å²) in [7, 11) is 0. The highest BCUT2D eigenvalue weighted by Crippen LogP contribution is 2.25.